The lowest BCUT2D eigenvalue weighted by Crippen LogP contribution is -1.97. The fourth-order valence-electron chi connectivity index (χ4n) is 4.08. The van der Waals surface area contributed by atoms with Gasteiger partial charge in [0, 0.05) is 11.9 Å². The summed E-state index contributed by atoms with van der Waals surface area (Å²) in [4.78, 5) is 4.62. The summed E-state index contributed by atoms with van der Waals surface area (Å²) in [6.07, 6.45) is 15.4. The maximum absolute atomic E-state index is 5.92. The Morgan fingerprint density at radius 3 is 1.85 bits per heavy atom. The molecule has 1 heterocycles. The fourth-order valence-corrected chi connectivity index (χ4v) is 4.08. The molecule has 0 saturated carbocycles. The summed E-state index contributed by atoms with van der Waals surface area (Å²) in [6, 6.07) is 21.9. The monoisotopic (exact) mass is 443 g/mol. The predicted molar refractivity (Wildman–Crippen MR) is 141 cm³/mol. The molecule has 0 N–H and O–H groups in total. The maximum atomic E-state index is 5.92. The number of hydrogen-bond acceptors (Lipinski definition) is 2. The number of rotatable bonds is 15. The molecule has 1 aromatic heterocycles. The third-order valence-corrected chi connectivity index (χ3v) is 6.28. The highest BCUT2D eigenvalue weighted by molar-refractivity contribution is 5.64. The Kier molecular flexibility index (Phi) is 11.0. The van der Waals surface area contributed by atoms with Crippen molar-refractivity contribution in [2.75, 3.05) is 6.61 Å². The van der Waals surface area contributed by atoms with Crippen LogP contribution in [0, 0.1) is 0 Å². The van der Waals surface area contributed by atoms with Gasteiger partial charge in [0.15, 0.2) is 0 Å². The van der Waals surface area contributed by atoms with E-state index in [1.807, 2.05) is 0 Å². The first-order chi connectivity index (χ1) is 16.3. The summed E-state index contributed by atoms with van der Waals surface area (Å²) in [7, 11) is 0. The standard InChI is InChI=1S/C31H41NO/c1-3-5-7-8-9-10-24-33-31-22-19-29(20-23-31)28-17-14-26(15-18-28)12-13-27-16-21-30(32-25-27)11-6-4-2/h14-23,25H,3-13,24H2,1-2H3. The van der Waals surface area contributed by atoms with Crippen LogP contribution in [0.2, 0.25) is 0 Å². The smallest absolute Gasteiger partial charge is 0.119 e. The fraction of sp³-hybridized carbons (Fsp3) is 0.452. The number of aryl methyl sites for hydroxylation is 3. The van der Waals surface area contributed by atoms with Crippen molar-refractivity contribution in [1.29, 1.82) is 0 Å². The molecule has 0 amide bonds. The highest BCUT2D eigenvalue weighted by Crippen LogP contribution is 2.23. The minimum absolute atomic E-state index is 0.817. The summed E-state index contributed by atoms with van der Waals surface area (Å²) in [5, 5.41) is 0. The molecule has 0 aliphatic carbocycles. The predicted octanol–water partition coefficient (Wildman–Crippen LogP) is 8.62. The van der Waals surface area contributed by atoms with E-state index in [0.717, 1.165) is 38.0 Å². The summed E-state index contributed by atoms with van der Waals surface area (Å²) in [5.74, 6) is 0.971. The van der Waals surface area contributed by atoms with Crippen molar-refractivity contribution >= 4 is 0 Å². The molecule has 0 radical (unpaired) electrons. The highest BCUT2D eigenvalue weighted by atomic mass is 16.5. The van der Waals surface area contributed by atoms with Gasteiger partial charge in [-0.25, -0.2) is 0 Å². The van der Waals surface area contributed by atoms with Gasteiger partial charge < -0.3 is 4.74 Å². The molecule has 33 heavy (non-hydrogen) atoms. The zero-order chi connectivity index (χ0) is 23.1. The van der Waals surface area contributed by atoms with Gasteiger partial charge >= 0.3 is 0 Å². The van der Waals surface area contributed by atoms with E-state index in [1.54, 1.807) is 0 Å². The molecule has 0 saturated heterocycles. The molecule has 2 heteroatoms. The normalized spacial score (nSPS) is 11.0. The topological polar surface area (TPSA) is 22.1 Å². The third-order valence-electron chi connectivity index (χ3n) is 6.28. The van der Waals surface area contributed by atoms with Gasteiger partial charge in [-0.3, -0.25) is 4.98 Å². The minimum Gasteiger partial charge on any atom is -0.494 e. The largest absolute Gasteiger partial charge is 0.494 e. The van der Waals surface area contributed by atoms with Gasteiger partial charge in [0.25, 0.3) is 0 Å². The number of pyridine rings is 1. The van der Waals surface area contributed by atoms with E-state index in [0.29, 0.717) is 0 Å². The number of nitrogens with zero attached hydrogens (tertiary/aromatic N) is 1. The van der Waals surface area contributed by atoms with Crippen molar-refractivity contribution in [2.45, 2.75) is 84.5 Å². The number of aromatic nitrogens is 1. The lowest BCUT2D eigenvalue weighted by Gasteiger charge is -2.08. The number of unbranched alkanes of at least 4 members (excludes halogenated alkanes) is 6. The van der Waals surface area contributed by atoms with Crippen molar-refractivity contribution in [3.8, 4) is 16.9 Å². The molecule has 3 rings (SSSR count). The second kappa shape index (κ2) is 14.5. The van der Waals surface area contributed by atoms with Crippen LogP contribution in [0.3, 0.4) is 0 Å². The van der Waals surface area contributed by atoms with E-state index >= 15 is 0 Å². The second-order valence-electron chi connectivity index (χ2n) is 9.10. The Bertz CT molecular complexity index is 897. The van der Waals surface area contributed by atoms with Gasteiger partial charge in [-0.2, -0.15) is 0 Å². The Morgan fingerprint density at radius 2 is 1.18 bits per heavy atom. The van der Waals surface area contributed by atoms with Crippen LogP contribution in [-0.2, 0) is 19.3 Å². The van der Waals surface area contributed by atoms with Crippen LogP contribution in [0.4, 0.5) is 0 Å². The Hall–Kier alpha value is -2.61. The first kappa shape index (κ1) is 25.0. The Labute approximate surface area is 201 Å². The van der Waals surface area contributed by atoms with Gasteiger partial charge in [-0.15, -0.1) is 0 Å². The molecule has 0 spiro atoms. The molecule has 0 bridgehead atoms. The van der Waals surface area contributed by atoms with E-state index < -0.39 is 0 Å². The average molecular weight is 444 g/mol. The molecule has 0 aliphatic heterocycles. The summed E-state index contributed by atoms with van der Waals surface area (Å²) < 4.78 is 5.92. The van der Waals surface area contributed by atoms with Crippen LogP contribution in [-0.4, -0.2) is 11.6 Å². The Morgan fingerprint density at radius 1 is 0.576 bits per heavy atom. The van der Waals surface area contributed by atoms with Crippen LogP contribution in [0.5, 0.6) is 5.75 Å². The van der Waals surface area contributed by atoms with Crippen molar-refractivity contribution in [3.05, 3.63) is 83.7 Å². The van der Waals surface area contributed by atoms with E-state index in [9.17, 15) is 0 Å². The third kappa shape index (κ3) is 9.04. The molecule has 176 valence electrons. The highest BCUT2D eigenvalue weighted by Gasteiger charge is 2.02. The summed E-state index contributed by atoms with van der Waals surface area (Å²) in [5.41, 5.74) is 6.39. The first-order valence-corrected chi connectivity index (χ1v) is 13.0. The van der Waals surface area contributed by atoms with Gasteiger partial charge in [-0.1, -0.05) is 94.8 Å². The molecular formula is C31H41NO. The lowest BCUT2D eigenvalue weighted by molar-refractivity contribution is 0.304. The first-order valence-electron chi connectivity index (χ1n) is 13.0. The maximum Gasteiger partial charge on any atom is 0.119 e. The molecule has 0 aliphatic rings. The van der Waals surface area contributed by atoms with Crippen molar-refractivity contribution in [3.63, 3.8) is 0 Å². The van der Waals surface area contributed by atoms with E-state index in [2.05, 4.69) is 85.7 Å². The molecule has 0 unspecified atom stereocenters. The van der Waals surface area contributed by atoms with Gasteiger partial charge in [0.1, 0.15) is 5.75 Å². The average Bonchev–Trinajstić information content (AvgIpc) is 2.87. The van der Waals surface area contributed by atoms with Crippen LogP contribution in [0.15, 0.2) is 66.9 Å². The van der Waals surface area contributed by atoms with Crippen LogP contribution in [0.25, 0.3) is 11.1 Å². The summed E-state index contributed by atoms with van der Waals surface area (Å²) >= 11 is 0. The lowest BCUT2D eigenvalue weighted by atomic mass is 10.0. The second-order valence-corrected chi connectivity index (χ2v) is 9.10. The molecular weight excluding hydrogens is 402 g/mol. The summed E-state index contributed by atoms with van der Waals surface area (Å²) in [6.45, 7) is 5.30. The number of hydrogen-bond donors (Lipinski definition) is 0. The molecule has 2 aromatic carbocycles. The molecule has 0 atom stereocenters. The SMILES string of the molecule is CCCCCCCCOc1ccc(-c2ccc(CCc3ccc(CCCC)nc3)cc2)cc1. The number of ether oxygens (including phenoxy) is 1. The zero-order valence-electron chi connectivity index (χ0n) is 20.7. The van der Waals surface area contributed by atoms with Crippen molar-refractivity contribution in [2.24, 2.45) is 0 Å². The van der Waals surface area contributed by atoms with Crippen LogP contribution < -0.4 is 4.74 Å². The van der Waals surface area contributed by atoms with Crippen molar-refractivity contribution < 1.29 is 4.74 Å². The van der Waals surface area contributed by atoms with E-state index in [1.165, 1.54) is 72.9 Å². The molecule has 3 aromatic rings. The Balaban J connectivity index is 1.42. The quantitative estimate of drug-likeness (QED) is 0.219. The van der Waals surface area contributed by atoms with Crippen LogP contribution in [0.1, 0.15) is 82.0 Å². The van der Waals surface area contributed by atoms with E-state index in [-0.39, 0.29) is 0 Å². The molecule has 2 nitrogen and oxygen atoms in total. The van der Waals surface area contributed by atoms with Crippen LogP contribution >= 0.6 is 0 Å². The van der Waals surface area contributed by atoms with Gasteiger partial charge in [-0.05, 0) is 72.6 Å². The zero-order valence-corrected chi connectivity index (χ0v) is 20.7. The molecule has 0 fully saturated rings. The van der Waals surface area contributed by atoms with Gasteiger partial charge in [0.05, 0.1) is 6.61 Å². The number of benzene rings is 2. The van der Waals surface area contributed by atoms with Crippen molar-refractivity contribution in [1.82, 2.24) is 4.98 Å². The van der Waals surface area contributed by atoms with E-state index in [4.69, 9.17) is 4.74 Å². The minimum atomic E-state index is 0.817. The van der Waals surface area contributed by atoms with Gasteiger partial charge in [0.2, 0.25) is 0 Å².